The summed E-state index contributed by atoms with van der Waals surface area (Å²) >= 11 is 5.79. The topological polar surface area (TPSA) is 85.2 Å². The van der Waals surface area contributed by atoms with Crippen molar-refractivity contribution in [2.24, 2.45) is 0 Å². The lowest BCUT2D eigenvalue weighted by Gasteiger charge is -2.36. The first-order chi connectivity index (χ1) is 11.3. The van der Waals surface area contributed by atoms with Crippen LogP contribution in [0.5, 0.6) is 0 Å². The molecule has 0 bridgehead atoms. The predicted octanol–water partition coefficient (Wildman–Crippen LogP) is 1.56. The molecule has 0 aliphatic carbocycles. The van der Waals surface area contributed by atoms with Crippen molar-refractivity contribution in [1.29, 1.82) is 5.26 Å². The van der Waals surface area contributed by atoms with Crippen molar-refractivity contribution >= 4 is 23.4 Å². The lowest BCUT2D eigenvalue weighted by atomic mass is 9.89. The molecule has 2 rings (SSSR count). The average molecular weight is 349 g/mol. The average Bonchev–Trinajstić information content (AvgIpc) is 2.57. The van der Waals surface area contributed by atoms with Crippen LogP contribution in [0.4, 0.5) is 0 Å². The van der Waals surface area contributed by atoms with E-state index in [0.717, 1.165) is 13.1 Å². The first-order valence-corrected chi connectivity index (χ1v) is 8.21. The highest BCUT2D eigenvalue weighted by molar-refractivity contribution is 6.30. The zero-order valence-corrected chi connectivity index (χ0v) is 14.6. The number of carbonyl (C=O) groups excluding carboxylic acids is 2. The van der Waals surface area contributed by atoms with Crippen LogP contribution in [0.3, 0.4) is 0 Å². The molecule has 1 fully saturated rings. The van der Waals surface area contributed by atoms with Crippen LogP contribution in [0, 0.1) is 11.3 Å². The standard InChI is InChI=1S/C17H21ClN4O2/c1-12(20-16(24)13-3-5-14(18)6-4-13)15(23)21-17(11-19)7-9-22(2)10-8-17/h3-6,12H,7-10H2,1-2H3,(H,20,24)(H,21,23). The summed E-state index contributed by atoms with van der Waals surface area (Å²) in [6, 6.07) is 7.91. The minimum absolute atomic E-state index is 0.358. The molecule has 6 nitrogen and oxygen atoms in total. The van der Waals surface area contributed by atoms with E-state index in [0.29, 0.717) is 23.4 Å². The normalized spacial score (nSPS) is 18.2. The zero-order valence-electron chi connectivity index (χ0n) is 13.8. The van der Waals surface area contributed by atoms with E-state index in [4.69, 9.17) is 11.6 Å². The summed E-state index contributed by atoms with van der Waals surface area (Å²) < 4.78 is 0. The molecule has 128 valence electrons. The Balaban J connectivity index is 1.95. The summed E-state index contributed by atoms with van der Waals surface area (Å²) in [5, 5.41) is 15.4. The number of hydrogen-bond acceptors (Lipinski definition) is 4. The largest absolute Gasteiger partial charge is 0.341 e. The molecule has 1 aliphatic heterocycles. The molecule has 1 atom stereocenters. The number of piperidine rings is 1. The summed E-state index contributed by atoms with van der Waals surface area (Å²) in [4.78, 5) is 26.6. The maximum absolute atomic E-state index is 12.4. The van der Waals surface area contributed by atoms with E-state index in [9.17, 15) is 14.9 Å². The molecule has 7 heteroatoms. The van der Waals surface area contributed by atoms with Crippen LogP contribution in [0.15, 0.2) is 24.3 Å². The van der Waals surface area contributed by atoms with Gasteiger partial charge < -0.3 is 15.5 Å². The van der Waals surface area contributed by atoms with Gasteiger partial charge in [-0.05, 0) is 51.1 Å². The fraction of sp³-hybridized carbons (Fsp3) is 0.471. The Morgan fingerprint density at radius 3 is 2.42 bits per heavy atom. The summed E-state index contributed by atoms with van der Waals surface area (Å²) in [7, 11) is 1.98. The number of amides is 2. The number of nitrogens with zero attached hydrogens (tertiary/aromatic N) is 2. The molecule has 0 aromatic heterocycles. The van der Waals surface area contributed by atoms with Crippen LogP contribution in [-0.4, -0.2) is 48.4 Å². The zero-order chi connectivity index (χ0) is 17.7. The number of carbonyl (C=O) groups is 2. The SMILES string of the molecule is CC(NC(=O)c1ccc(Cl)cc1)C(=O)NC1(C#N)CCN(C)CC1. The van der Waals surface area contributed by atoms with E-state index in [-0.39, 0.29) is 11.8 Å². The molecule has 1 aliphatic rings. The Kier molecular flexibility index (Phi) is 5.81. The first kappa shape index (κ1) is 18.2. The third kappa shape index (κ3) is 4.47. The summed E-state index contributed by atoms with van der Waals surface area (Å²) in [6.07, 6.45) is 1.15. The molecular formula is C17H21ClN4O2. The van der Waals surface area contributed by atoms with E-state index < -0.39 is 11.6 Å². The van der Waals surface area contributed by atoms with Gasteiger partial charge in [0.25, 0.3) is 5.91 Å². The Hall–Kier alpha value is -2.10. The van der Waals surface area contributed by atoms with Gasteiger partial charge in [0.15, 0.2) is 0 Å². The molecule has 1 heterocycles. The van der Waals surface area contributed by atoms with Gasteiger partial charge in [-0.25, -0.2) is 0 Å². The van der Waals surface area contributed by atoms with Gasteiger partial charge in [0.1, 0.15) is 11.6 Å². The quantitative estimate of drug-likeness (QED) is 0.864. The van der Waals surface area contributed by atoms with Gasteiger partial charge in [-0.1, -0.05) is 11.6 Å². The van der Waals surface area contributed by atoms with Crippen LogP contribution in [-0.2, 0) is 4.79 Å². The summed E-state index contributed by atoms with van der Waals surface area (Å²) in [6.45, 7) is 3.10. The summed E-state index contributed by atoms with van der Waals surface area (Å²) in [5.74, 6) is -0.716. The van der Waals surface area contributed by atoms with Crippen molar-refractivity contribution in [1.82, 2.24) is 15.5 Å². The Morgan fingerprint density at radius 2 is 1.88 bits per heavy atom. The molecule has 2 amide bonds. The summed E-state index contributed by atoms with van der Waals surface area (Å²) in [5.41, 5.74) is -0.434. The van der Waals surface area contributed by atoms with Gasteiger partial charge in [0, 0.05) is 23.7 Å². The second-order valence-corrected chi connectivity index (χ2v) is 6.62. The maximum atomic E-state index is 12.4. The number of hydrogen-bond donors (Lipinski definition) is 2. The fourth-order valence-electron chi connectivity index (χ4n) is 2.56. The van der Waals surface area contributed by atoms with Crippen LogP contribution in [0.25, 0.3) is 0 Å². The third-order valence-electron chi connectivity index (χ3n) is 4.26. The minimum atomic E-state index is -0.858. The Labute approximate surface area is 146 Å². The van der Waals surface area contributed by atoms with Crippen LogP contribution in [0.1, 0.15) is 30.1 Å². The van der Waals surface area contributed by atoms with Crippen molar-refractivity contribution in [2.75, 3.05) is 20.1 Å². The number of halogens is 1. The lowest BCUT2D eigenvalue weighted by molar-refractivity contribution is -0.124. The van der Waals surface area contributed by atoms with Crippen LogP contribution >= 0.6 is 11.6 Å². The Morgan fingerprint density at radius 1 is 1.29 bits per heavy atom. The fourth-order valence-corrected chi connectivity index (χ4v) is 2.68. The molecule has 1 aromatic carbocycles. The van der Waals surface area contributed by atoms with Gasteiger partial charge in [0.05, 0.1) is 6.07 Å². The third-order valence-corrected chi connectivity index (χ3v) is 4.52. The van der Waals surface area contributed by atoms with Crippen molar-refractivity contribution < 1.29 is 9.59 Å². The number of rotatable bonds is 4. The highest BCUT2D eigenvalue weighted by Crippen LogP contribution is 2.20. The number of nitriles is 1. The molecule has 0 radical (unpaired) electrons. The lowest BCUT2D eigenvalue weighted by Crippen LogP contribution is -2.57. The smallest absolute Gasteiger partial charge is 0.251 e. The Bertz CT molecular complexity index is 646. The first-order valence-electron chi connectivity index (χ1n) is 7.83. The van der Waals surface area contributed by atoms with E-state index >= 15 is 0 Å². The molecule has 0 spiro atoms. The molecular weight excluding hydrogens is 328 g/mol. The molecule has 1 unspecified atom stereocenters. The predicted molar refractivity (Wildman–Crippen MR) is 91.6 cm³/mol. The molecule has 1 saturated heterocycles. The number of likely N-dealkylation sites (tertiary alicyclic amines) is 1. The van der Waals surface area contributed by atoms with E-state index in [1.807, 2.05) is 7.05 Å². The van der Waals surface area contributed by atoms with Gasteiger partial charge in [0.2, 0.25) is 5.91 Å². The van der Waals surface area contributed by atoms with E-state index in [1.165, 1.54) is 0 Å². The number of benzene rings is 1. The maximum Gasteiger partial charge on any atom is 0.251 e. The van der Waals surface area contributed by atoms with Gasteiger partial charge in [-0.15, -0.1) is 0 Å². The monoisotopic (exact) mass is 348 g/mol. The van der Waals surface area contributed by atoms with Gasteiger partial charge >= 0.3 is 0 Å². The second kappa shape index (κ2) is 7.65. The van der Waals surface area contributed by atoms with E-state index in [2.05, 4.69) is 21.6 Å². The molecule has 2 N–H and O–H groups in total. The van der Waals surface area contributed by atoms with Gasteiger partial charge in [-0.2, -0.15) is 5.26 Å². The van der Waals surface area contributed by atoms with Crippen molar-refractivity contribution in [3.63, 3.8) is 0 Å². The van der Waals surface area contributed by atoms with Crippen LogP contribution in [0.2, 0.25) is 5.02 Å². The molecule has 1 aromatic rings. The second-order valence-electron chi connectivity index (χ2n) is 6.19. The number of nitrogens with one attached hydrogen (secondary N) is 2. The van der Waals surface area contributed by atoms with Gasteiger partial charge in [-0.3, -0.25) is 9.59 Å². The van der Waals surface area contributed by atoms with Crippen molar-refractivity contribution in [3.05, 3.63) is 34.9 Å². The molecule has 24 heavy (non-hydrogen) atoms. The minimum Gasteiger partial charge on any atom is -0.341 e. The van der Waals surface area contributed by atoms with Crippen LogP contribution < -0.4 is 10.6 Å². The van der Waals surface area contributed by atoms with E-state index in [1.54, 1.807) is 31.2 Å². The molecule has 0 saturated carbocycles. The van der Waals surface area contributed by atoms with Crippen molar-refractivity contribution in [3.8, 4) is 6.07 Å². The highest BCUT2D eigenvalue weighted by Gasteiger charge is 2.36. The highest BCUT2D eigenvalue weighted by atomic mass is 35.5. The van der Waals surface area contributed by atoms with Crippen molar-refractivity contribution in [2.45, 2.75) is 31.3 Å².